The molecule has 5 N–H and O–H groups in total. The minimum Gasteiger partial charge on any atom is -0.504 e. The molecule has 2 atom stereocenters. The number of phenols is 2. The molecule has 31 heavy (non-hydrogen) atoms. The maximum atomic E-state index is 12.7. The van der Waals surface area contributed by atoms with Crippen molar-refractivity contribution in [3.8, 4) is 11.5 Å². The molecule has 0 saturated heterocycles. The summed E-state index contributed by atoms with van der Waals surface area (Å²) in [6.45, 7) is 0.173. The van der Waals surface area contributed by atoms with Gasteiger partial charge in [0.1, 0.15) is 23.9 Å². The second-order valence-electron chi connectivity index (χ2n) is 6.80. The van der Waals surface area contributed by atoms with Crippen LogP contribution in [0.15, 0.2) is 59.8 Å². The number of halogens is 1. The normalized spacial score (nSPS) is 16.0. The van der Waals surface area contributed by atoms with Crippen molar-refractivity contribution in [2.24, 2.45) is 0 Å². The first kappa shape index (κ1) is 22.3. The Morgan fingerprint density at radius 3 is 2.58 bits per heavy atom. The van der Waals surface area contributed by atoms with Crippen LogP contribution in [0.3, 0.4) is 0 Å². The molecule has 0 fully saturated rings. The van der Waals surface area contributed by atoms with Crippen LogP contribution in [0.1, 0.15) is 11.1 Å². The highest BCUT2D eigenvalue weighted by atomic mass is 35.5. The van der Waals surface area contributed by atoms with Crippen molar-refractivity contribution >= 4 is 23.6 Å². The predicted octanol–water partition coefficient (Wildman–Crippen LogP) is 2.04. The largest absolute Gasteiger partial charge is 0.504 e. The van der Waals surface area contributed by atoms with Gasteiger partial charge in [-0.25, -0.2) is 4.79 Å². The lowest BCUT2D eigenvalue weighted by Gasteiger charge is -2.19. The SMILES string of the molecule is O=C(N[C@@H](Cc1ccc(O)c(O)c1)C(=O)NCC1C=C(Cl)NO1)OCc1ccccc1. The van der Waals surface area contributed by atoms with E-state index in [1.807, 2.05) is 30.3 Å². The number of amides is 2. The number of carbonyl (C=O) groups is 2. The van der Waals surface area contributed by atoms with E-state index in [1.54, 1.807) is 12.1 Å². The van der Waals surface area contributed by atoms with E-state index in [0.29, 0.717) is 10.7 Å². The number of hydrogen-bond donors (Lipinski definition) is 5. The molecule has 10 heteroatoms. The van der Waals surface area contributed by atoms with Crippen LogP contribution in [0.25, 0.3) is 0 Å². The molecule has 1 unspecified atom stereocenters. The Bertz CT molecular complexity index is 953. The molecule has 2 amide bonds. The van der Waals surface area contributed by atoms with Crippen molar-refractivity contribution < 1.29 is 29.4 Å². The monoisotopic (exact) mass is 447 g/mol. The molecule has 0 saturated carbocycles. The van der Waals surface area contributed by atoms with Gasteiger partial charge in [-0.15, -0.1) is 0 Å². The van der Waals surface area contributed by atoms with Gasteiger partial charge >= 0.3 is 6.09 Å². The summed E-state index contributed by atoms with van der Waals surface area (Å²) < 4.78 is 5.20. The molecule has 0 aromatic heterocycles. The van der Waals surface area contributed by atoms with Gasteiger partial charge in [-0.3, -0.25) is 15.1 Å². The molecule has 1 aliphatic rings. The second-order valence-corrected chi connectivity index (χ2v) is 7.21. The first-order chi connectivity index (χ1) is 14.9. The van der Waals surface area contributed by atoms with Crippen LogP contribution >= 0.6 is 11.6 Å². The average molecular weight is 448 g/mol. The standard InChI is InChI=1S/C21H22ClN3O6/c22-19-10-15(31-25-19)11-23-20(28)16(8-14-6-7-17(26)18(27)9-14)24-21(29)30-12-13-4-2-1-3-5-13/h1-7,9-10,15-16,25-27H,8,11-12H2,(H,23,28)(H,24,29)/t15?,16-/m0/s1. The Balaban J connectivity index is 1.62. The van der Waals surface area contributed by atoms with Crippen molar-refractivity contribution in [3.05, 3.63) is 70.9 Å². The molecular formula is C21H22ClN3O6. The van der Waals surface area contributed by atoms with Crippen LogP contribution in [0, 0.1) is 0 Å². The first-order valence-corrected chi connectivity index (χ1v) is 9.83. The van der Waals surface area contributed by atoms with Gasteiger partial charge < -0.3 is 25.6 Å². The van der Waals surface area contributed by atoms with Crippen LogP contribution in [0.4, 0.5) is 4.79 Å². The van der Waals surface area contributed by atoms with Crippen LogP contribution in [-0.4, -0.2) is 40.9 Å². The topological polar surface area (TPSA) is 129 Å². The lowest BCUT2D eigenvalue weighted by Crippen LogP contribution is -2.49. The highest BCUT2D eigenvalue weighted by Gasteiger charge is 2.24. The number of phenolic OH excluding ortho intramolecular Hbond substituents is 2. The zero-order valence-corrected chi connectivity index (χ0v) is 17.1. The molecular weight excluding hydrogens is 426 g/mol. The molecule has 3 rings (SSSR count). The summed E-state index contributed by atoms with van der Waals surface area (Å²) in [7, 11) is 0. The number of alkyl carbamates (subject to hydrolysis) is 1. The van der Waals surface area contributed by atoms with Crippen LogP contribution in [0.5, 0.6) is 11.5 Å². The second kappa shape index (κ2) is 10.6. The molecule has 9 nitrogen and oxygen atoms in total. The fourth-order valence-corrected chi connectivity index (χ4v) is 3.02. The fraction of sp³-hybridized carbons (Fsp3) is 0.238. The Kier molecular flexibility index (Phi) is 7.58. The van der Waals surface area contributed by atoms with E-state index in [4.69, 9.17) is 21.2 Å². The Morgan fingerprint density at radius 1 is 1.13 bits per heavy atom. The number of hydrogen-bond acceptors (Lipinski definition) is 7. The summed E-state index contributed by atoms with van der Waals surface area (Å²) in [5.74, 6) is -1.09. The van der Waals surface area contributed by atoms with Gasteiger partial charge in [0.15, 0.2) is 11.5 Å². The summed E-state index contributed by atoms with van der Waals surface area (Å²) in [5, 5.41) is 24.7. The molecule has 1 heterocycles. The van der Waals surface area contributed by atoms with Crippen molar-refractivity contribution in [2.75, 3.05) is 6.54 Å². The van der Waals surface area contributed by atoms with E-state index >= 15 is 0 Å². The fourth-order valence-electron chi connectivity index (χ4n) is 2.84. The van der Waals surface area contributed by atoms with E-state index in [0.717, 1.165) is 5.56 Å². The minimum absolute atomic E-state index is 0.0475. The van der Waals surface area contributed by atoms with Crippen molar-refractivity contribution in [1.29, 1.82) is 0 Å². The van der Waals surface area contributed by atoms with Gasteiger partial charge in [0.25, 0.3) is 0 Å². The molecule has 1 aliphatic heterocycles. The van der Waals surface area contributed by atoms with E-state index in [-0.39, 0.29) is 31.1 Å². The summed E-state index contributed by atoms with van der Waals surface area (Å²) in [6.07, 6.45) is 0.422. The number of rotatable bonds is 8. The molecule has 164 valence electrons. The lowest BCUT2D eigenvalue weighted by molar-refractivity contribution is -0.123. The van der Waals surface area contributed by atoms with E-state index in [2.05, 4.69) is 16.1 Å². The Hall–Kier alpha value is -3.43. The van der Waals surface area contributed by atoms with Gasteiger partial charge in [-0.1, -0.05) is 48.0 Å². The van der Waals surface area contributed by atoms with Crippen LogP contribution in [-0.2, 0) is 27.4 Å². The van der Waals surface area contributed by atoms with Gasteiger partial charge in [-0.2, -0.15) is 0 Å². The van der Waals surface area contributed by atoms with E-state index in [9.17, 15) is 19.8 Å². The summed E-state index contributed by atoms with van der Waals surface area (Å²) in [6, 6.07) is 12.3. The number of carbonyl (C=O) groups excluding carboxylic acids is 2. The van der Waals surface area contributed by atoms with Crippen molar-refractivity contribution in [2.45, 2.75) is 25.2 Å². The number of nitrogens with one attached hydrogen (secondary N) is 3. The highest BCUT2D eigenvalue weighted by molar-refractivity contribution is 6.29. The van der Waals surface area contributed by atoms with Gasteiger partial charge in [0.2, 0.25) is 5.91 Å². The van der Waals surface area contributed by atoms with Crippen molar-refractivity contribution in [1.82, 2.24) is 16.1 Å². The minimum atomic E-state index is -0.999. The molecule has 0 radical (unpaired) electrons. The summed E-state index contributed by atoms with van der Waals surface area (Å²) in [4.78, 5) is 30.2. The quantitative estimate of drug-likeness (QED) is 0.309. The number of benzene rings is 2. The Labute approximate surface area is 183 Å². The van der Waals surface area contributed by atoms with Gasteiger partial charge in [0.05, 0.1) is 6.54 Å². The smallest absolute Gasteiger partial charge is 0.408 e. The predicted molar refractivity (Wildman–Crippen MR) is 112 cm³/mol. The average Bonchev–Trinajstić information content (AvgIpc) is 3.18. The number of ether oxygens (including phenoxy) is 1. The molecule has 2 aromatic rings. The summed E-state index contributed by atoms with van der Waals surface area (Å²) >= 11 is 5.77. The molecule has 0 bridgehead atoms. The van der Waals surface area contributed by atoms with Gasteiger partial charge in [-0.05, 0) is 29.3 Å². The zero-order valence-electron chi connectivity index (χ0n) is 16.4. The highest BCUT2D eigenvalue weighted by Crippen LogP contribution is 2.25. The summed E-state index contributed by atoms with van der Waals surface area (Å²) in [5.41, 5.74) is 3.80. The first-order valence-electron chi connectivity index (χ1n) is 9.45. The van der Waals surface area contributed by atoms with E-state index in [1.165, 1.54) is 12.1 Å². The van der Waals surface area contributed by atoms with Gasteiger partial charge in [0, 0.05) is 6.42 Å². The molecule has 0 spiro atoms. The van der Waals surface area contributed by atoms with E-state index < -0.39 is 24.1 Å². The Morgan fingerprint density at radius 2 is 1.90 bits per heavy atom. The zero-order chi connectivity index (χ0) is 22.2. The lowest BCUT2D eigenvalue weighted by atomic mass is 10.0. The number of aromatic hydroxyl groups is 2. The maximum Gasteiger partial charge on any atom is 0.408 e. The van der Waals surface area contributed by atoms with Crippen molar-refractivity contribution in [3.63, 3.8) is 0 Å². The maximum absolute atomic E-state index is 12.7. The number of hydroxylamine groups is 1. The third-order valence-electron chi connectivity index (χ3n) is 4.42. The van der Waals surface area contributed by atoms with Crippen LogP contribution in [0.2, 0.25) is 0 Å². The third kappa shape index (κ3) is 6.80. The third-order valence-corrected chi connectivity index (χ3v) is 4.62. The molecule has 0 aliphatic carbocycles. The molecule has 2 aromatic carbocycles. The van der Waals surface area contributed by atoms with Crippen LogP contribution < -0.4 is 16.1 Å².